The number of hydrogen-bond donors (Lipinski definition) is 2. The maximum atomic E-state index is 12.2. The first kappa shape index (κ1) is 15.0. The van der Waals surface area contributed by atoms with Gasteiger partial charge in [0.05, 0.1) is 6.33 Å². The van der Waals surface area contributed by atoms with Gasteiger partial charge in [0.1, 0.15) is 5.75 Å². The Morgan fingerprint density at radius 3 is 2.43 bits per heavy atom. The van der Waals surface area contributed by atoms with Crippen LogP contribution in [0.2, 0.25) is 0 Å². The second-order valence-electron chi connectivity index (χ2n) is 4.05. The Kier molecular flexibility index (Phi) is 3.98. The molecule has 0 saturated heterocycles. The number of nitrogens with zero attached hydrogens (tertiary/aromatic N) is 2. The summed E-state index contributed by atoms with van der Waals surface area (Å²) in [6.07, 6.45) is 1.27. The monoisotopic (exact) mass is 318 g/mol. The number of nitrogens with two attached hydrogens (primary N) is 1. The lowest BCUT2D eigenvalue weighted by Gasteiger charge is -2.10. The molecule has 0 aliphatic rings. The fourth-order valence-corrected chi connectivity index (χ4v) is 2.97. The molecule has 7 nitrogen and oxygen atoms in total. The van der Waals surface area contributed by atoms with E-state index in [1.54, 1.807) is 0 Å². The number of benzene rings is 1. The molecule has 0 radical (unpaired) electrons. The fraction of sp³-hybridized carbons (Fsp3) is 0.182. The zero-order valence-corrected chi connectivity index (χ0v) is 11.6. The maximum Gasteiger partial charge on any atom is 0.387 e. The number of nitrogens with one attached hydrogen (secondary N) is 1. The number of ether oxygens (including phenoxy) is 1. The van der Waals surface area contributed by atoms with Crippen LogP contribution >= 0.6 is 0 Å². The molecular formula is C11H12F2N4O3S. The molecular weight excluding hydrogens is 306 g/mol. The number of aromatic nitrogens is 2. The molecule has 3 N–H and O–H groups in total. The Morgan fingerprint density at radius 2 is 1.95 bits per heavy atom. The van der Waals surface area contributed by atoms with Gasteiger partial charge in [-0.25, -0.2) is 4.98 Å². The number of alkyl halides is 2. The van der Waals surface area contributed by atoms with Crippen molar-refractivity contribution in [1.29, 1.82) is 0 Å². The van der Waals surface area contributed by atoms with Crippen molar-refractivity contribution in [3.05, 3.63) is 30.6 Å². The van der Waals surface area contributed by atoms with Crippen molar-refractivity contribution in [3.8, 4) is 5.75 Å². The van der Waals surface area contributed by atoms with Gasteiger partial charge in [0.2, 0.25) is 0 Å². The van der Waals surface area contributed by atoms with E-state index in [4.69, 9.17) is 5.73 Å². The topological polar surface area (TPSA) is 99.2 Å². The first-order chi connectivity index (χ1) is 9.79. The van der Waals surface area contributed by atoms with Crippen LogP contribution in [0.15, 0.2) is 35.6 Å². The number of anilines is 2. The normalized spacial score (nSPS) is 11.6. The highest BCUT2D eigenvalue weighted by Gasteiger charge is 2.22. The largest absolute Gasteiger partial charge is 0.435 e. The second kappa shape index (κ2) is 5.56. The van der Waals surface area contributed by atoms with Crippen molar-refractivity contribution >= 4 is 21.5 Å². The van der Waals surface area contributed by atoms with Crippen LogP contribution in [0, 0.1) is 0 Å². The molecule has 0 aliphatic heterocycles. The van der Waals surface area contributed by atoms with E-state index in [1.165, 1.54) is 42.2 Å². The Morgan fingerprint density at radius 1 is 1.33 bits per heavy atom. The van der Waals surface area contributed by atoms with Gasteiger partial charge in [-0.05, 0) is 24.3 Å². The van der Waals surface area contributed by atoms with Gasteiger partial charge in [-0.2, -0.15) is 17.2 Å². The van der Waals surface area contributed by atoms with E-state index in [2.05, 4.69) is 14.4 Å². The first-order valence-electron chi connectivity index (χ1n) is 5.64. The number of nitrogen functional groups attached to an aromatic ring is 1. The molecule has 1 aromatic carbocycles. The van der Waals surface area contributed by atoms with Crippen molar-refractivity contribution in [1.82, 2.24) is 9.55 Å². The van der Waals surface area contributed by atoms with Crippen LogP contribution in [0.3, 0.4) is 0 Å². The molecule has 0 amide bonds. The van der Waals surface area contributed by atoms with Gasteiger partial charge in [-0.15, -0.1) is 0 Å². The van der Waals surface area contributed by atoms with Crippen LogP contribution < -0.4 is 15.2 Å². The van der Waals surface area contributed by atoms with E-state index in [-0.39, 0.29) is 22.3 Å². The fourth-order valence-electron chi connectivity index (χ4n) is 1.67. The van der Waals surface area contributed by atoms with Gasteiger partial charge in [0.25, 0.3) is 10.0 Å². The lowest BCUT2D eigenvalue weighted by atomic mass is 10.3. The Labute approximate surface area is 119 Å². The summed E-state index contributed by atoms with van der Waals surface area (Å²) in [5.74, 6) is -0.212. The summed E-state index contributed by atoms with van der Waals surface area (Å²) in [6, 6.07) is 5.02. The molecule has 10 heteroatoms. The summed E-state index contributed by atoms with van der Waals surface area (Å²) in [6.45, 7) is -2.94. The van der Waals surface area contributed by atoms with Crippen molar-refractivity contribution in [2.75, 3.05) is 10.5 Å². The van der Waals surface area contributed by atoms with E-state index in [0.29, 0.717) is 0 Å². The van der Waals surface area contributed by atoms with Gasteiger partial charge in [0.15, 0.2) is 10.8 Å². The third kappa shape index (κ3) is 3.40. The molecule has 1 heterocycles. The number of sulfonamides is 1. The standard InChI is InChI=1S/C11H12F2N4O3S/c1-17-6-15-9(14)10(17)21(18,19)16-7-2-4-8(5-3-7)20-11(12)13/h2-6,11,16H,14H2,1H3. The summed E-state index contributed by atoms with van der Waals surface area (Å²) in [4.78, 5) is 3.69. The van der Waals surface area contributed by atoms with E-state index < -0.39 is 16.6 Å². The van der Waals surface area contributed by atoms with Crippen molar-refractivity contribution in [3.63, 3.8) is 0 Å². The third-order valence-electron chi connectivity index (χ3n) is 2.50. The van der Waals surface area contributed by atoms with Crippen LogP contribution in [0.5, 0.6) is 5.75 Å². The Hall–Kier alpha value is -2.36. The third-order valence-corrected chi connectivity index (χ3v) is 4.01. The zero-order valence-electron chi connectivity index (χ0n) is 10.8. The minimum Gasteiger partial charge on any atom is -0.435 e. The average molecular weight is 318 g/mol. The Bertz CT molecular complexity index is 709. The highest BCUT2D eigenvalue weighted by atomic mass is 32.2. The quantitative estimate of drug-likeness (QED) is 0.868. The summed E-state index contributed by atoms with van der Waals surface area (Å²) in [5, 5.41) is -0.185. The van der Waals surface area contributed by atoms with Crippen molar-refractivity contribution in [2.45, 2.75) is 11.6 Å². The zero-order chi connectivity index (χ0) is 15.6. The lowest BCUT2D eigenvalue weighted by Crippen LogP contribution is -2.17. The molecule has 21 heavy (non-hydrogen) atoms. The molecule has 1 aromatic heterocycles. The number of aryl methyl sites for hydroxylation is 1. The van der Waals surface area contributed by atoms with Gasteiger partial charge < -0.3 is 15.0 Å². The van der Waals surface area contributed by atoms with Crippen molar-refractivity contribution in [2.24, 2.45) is 7.05 Å². The van der Waals surface area contributed by atoms with Gasteiger partial charge in [-0.3, -0.25) is 4.72 Å². The first-order valence-corrected chi connectivity index (χ1v) is 7.12. The predicted molar refractivity (Wildman–Crippen MR) is 71.5 cm³/mol. The number of rotatable bonds is 5. The molecule has 0 fully saturated rings. The lowest BCUT2D eigenvalue weighted by molar-refractivity contribution is -0.0498. The molecule has 2 aromatic rings. The van der Waals surface area contributed by atoms with E-state index in [1.807, 2.05) is 0 Å². The molecule has 0 bridgehead atoms. The van der Waals surface area contributed by atoms with Crippen LogP contribution in [0.1, 0.15) is 0 Å². The molecule has 2 rings (SSSR count). The summed E-state index contributed by atoms with van der Waals surface area (Å²) in [5.41, 5.74) is 5.68. The van der Waals surface area contributed by atoms with Gasteiger partial charge in [0, 0.05) is 12.7 Å². The Balaban J connectivity index is 2.21. The summed E-state index contributed by atoms with van der Waals surface area (Å²) < 4.78 is 56.0. The van der Waals surface area contributed by atoms with Crippen LogP contribution in [0.25, 0.3) is 0 Å². The van der Waals surface area contributed by atoms with Crippen LogP contribution in [-0.2, 0) is 17.1 Å². The smallest absolute Gasteiger partial charge is 0.387 e. The molecule has 0 atom stereocenters. The van der Waals surface area contributed by atoms with Gasteiger partial charge in [-0.1, -0.05) is 0 Å². The summed E-state index contributed by atoms with van der Waals surface area (Å²) >= 11 is 0. The maximum absolute atomic E-state index is 12.2. The molecule has 0 aliphatic carbocycles. The van der Waals surface area contributed by atoms with E-state index >= 15 is 0 Å². The second-order valence-corrected chi connectivity index (χ2v) is 5.65. The van der Waals surface area contributed by atoms with E-state index in [9.17, 15) is 17.2 Å². The average Bonchev–Trinajstić information content (AvgIpc) is 2.71. The van der Waals surface area contributed by atoms with Crippen LogP contribution in [0.4, 0.5) is 20.3 Å². The van der Waals surface area contributed by atoms with E-state index in [0.717, 1.165) is 0 Å². The SMILES string of the molecule is Cn1cnc(N)c1S(=O)(=O)Nc1ccc(OC(F)F)cc1. The minimum absolute atomic E-state index is 0.0759. The van der Waals surface area contributed by atoms with Crippen LogP contribution in [-0.4, -0.2) is 24.6 Å². The number of imidazole rings is 1. The minimum atomic E-state index is -3.93. The molecule has 0 unspecified atom stereocenters. The molecule has 0 spiro atoms. The highest BCUT2D eigenvalue weighted by molar-refractivity contribution is 7.92. The number of hydrogen-bond acceptors (Lipinski definition) is 5. The predicted octanol–water partition coefficient (Wildman–Crippen LogP) is 1.40. The van der Waals surface area contributed by atoms with Gasteiger partial charge >= 0.3 is 6.61 Å². The summed E-state index contributed by atoms with van der Waals surface area (Å²) in [7, 11) is -2.45. The molecule has 0 saturated carbocycles. The molecule has 114 valence electrons. The number of halogens is 2. The van der Waals surface area contributed by atoms with Crippen molar-refractivity contribution < 1.29 is 21.9 Å². The highest BCUT2D eigenvalue weighted by Crippen LogP contribution is 2.22.